The molecule has 0 unspecified atom stereocenters. The lowest BCUT2D eigenvalue weighted by molar-refractivity contribution is -0.152. The molecule has 0 aliphatic carbocycles. The van der Waals surface area contributed by atoms with Crippen molar-refractivity contribution >= 4 is 35.3 Å². The monoisotopic (exact) mass is 461 g/mol. The molecule has 0 radical (unpaired) electrons. The van der Waals surface area contributed by atoms with Crippen molar-refractivity contribution in [2.75, 3.05) is 51.9 Å². The molecule has 180 valence electrons. The molecule has 33 heavy (non-hydrogen) atoms. The Kier molecular flexibility index (Phi) is 9.99. The van der Waals surface area contributed by atoms with Gasteiger partial charge in [-0.05, 0) is 17.7 Å². The van der Waals surface area contributed by atoms with Gasteiger partial charge in [0.05, 0.1) is 19.6 Å². The first-order chi connectivity index (χ1) is 15.7. The Labute approximate surface area is 193 Å². The molecule has 0 atom stereocenters. The Morgan fingerprint density at radius 1 is 1.00 bits per heavy atom. The lowest BCUT2D eigenvalue weighted by Gasteiger charge is -2.28. The van der Waals surface area contributed by atoms with Crippen LogP contribution in [0.25, 0.3) is 0 Å². The fourth-order valence-corrected chi connectivity index (χ4v) is 3.02. The summed E-state index contributed by atoms with van der Waals surface area (Å²) in [6, 6.07) is 6.87. The van der Waals surface area contributed by atoms with Crippen molar-refractivity contribution in [3.05, 3.63) is 29.8 Å². The van der Waals surface area contributed by atoms with E-state index < -0.39 is 0 Å². The smallest absolute Gasteiger partial charge is 0.302 e. The molecule has 1 aliphatic rings. The Balaban J connectivity index is 1.71. The molecule has 1 saturated heterocycles. The predicted octanol–water partition coefficient (Wildman–Crippen LogP) is 0.769. The number of nitrogens with zero attached hydrogens (tertiary/aromatic N) is 3. The largest absolute Gasteiger partial charge is 0.466 e. The number of anilines is 1. The molecule has 0 aromatic heterocycles. The summed E-state index contributed by atoms with van der Waals surface area (Å²) >= 11 is 0. The maximum Gasteiger partial charge on any atom is 0.302 e. The van der Waals surface area contributed by atoms with Gasteiger partial charge < -0.3 is 19.3 Å². The fraction of sp³-hybridized carbons (Fsp3) is 0.522. The highest BCUT2D eigenvalue weighted by Gasteiger charge is 2.29. The van der Waals surface area contributed by atoms with Crippen LogP contribution in [0.15, 0.2) is 24.3 Å². The highest BCUT2D eigenvalue weighted by molar-refractivity contribution is 6.04. The van der Waals surface area contributed by atoms with Crippen LogP contribution in [0, 0.1) is 0 Å². The fourth-order valence-electron chi connectivity index (χ4n) is 3.02. The number of hydrogen-bond donors (Lipinski definition) is 0. The van der Waals surface area contributed by atoms with Crippen LogP contribution < -0.4 is 4.90 Å². The zero-order valence-electron chi connectivity index (χ0n) is 19.4. The molecule has 1 aromatic rings. The molecule has 0 N–H and O–H groups in total. The SMILES string of the molecule is CC(=O)OCCCOCCN(C)C(=O)CC(=O)N(C)c1ccc(CC(=O)N2CCC2=O)cc1. The number of β-lactam (4-membered cyclic amide) rings is 1. The van der Waals surface area contributed by atoms with Gasteiger partial charge in [-0.25, -0.2) is 0 Å². The number of hydrogen-bond acceptors (Lipinski definition) is 7. The van der Waals surface area contributed by atoms with Crippen LogP contribution in [0.4, 0.5) is 5.69 Å². The second-order valence-electron chi connectivity index (χ2n) is 7.78. The third-order valence-corrected chi connectivity index (χ3v) is 5.24. The summed E-state index contributed by atoms with van der Waals surface area (Å²) in [6.45, 7) is 3.17. The minimum atomic E-state index is -0.357. The van der Waals surface area contributed by atoms with Gasteiger partial charge >= 0.3 is 5.97 Å². The van der Waals surface area contributed by atoms with Gasteiger partial charge in [-0.1, -0.05) is 12.1 Å². The van der Waals surface area contributed by atoms with E-state index >= 15 is 0 Å². The number of carbonyl (C=O) groups excluding carboxylic acids is 5. The molecule has 10 nitrogen and oxygen atoms in total. The first-order valence-electron chi connectivity index (χ1n) is 10.8. The predicted molar refractivity (Wildman–Crippen MR) is 119 cm³/mol. The second kappa shape index (κ2) is 12.7. The summed E-state index contributed by atoms with van der Waals surface area (Å²) in [5.74, 6) is -1.39. The lowest BCUT2D eigenvalue weighted by atomic mass is 10.1. The van der Waals surface area contributed by atoms with Crippen molar-refractivity contribution in [3.63, 3.8) is 0 Å². The molecular formula is C23H31N3O7. The molecule has 0 spiro atoms. The summed E-state index contributed by atoms with van der Waals surface area (Å²) in [5.41, 5.74) is 1.34. The van der Waals surface area contributed by atoms with Gasteiger partial charge in [-0.2, -0.15) is 0 Å². The summed E-state index contributed by atoms with van der Waals surface area (Å²) in [6.07, 6.45) is 0.829. The second-order valence-corrected chi connectivity index (χ2v) is 7.78. The number of carbonyl (C=O) groups is 5. The zero-order valence-corrected chi connectivity index (χ0v) is 19.4. The Morgan fingerprint density at radius 3 is 2.27 bits per heavy atom. The molecule has 4 amide bonds. The molecule has 0 saturated carbocycles. The van der Waals surface area contributed by atoms with Crippen LogP contribution in [0.3, 0.4) is 0 Å². The normalized spacial score (nSPS) is 12.7. The molecule has 2 rings (SSSR count). The van der Waals surface area contributed by atoms with E-state index in [1.165, 1.54) is 21.6 Å². The van der Waals surface area contributed by atoms with Gasteiger partial charge in [0, 0.05) is 59.2 Å². The Hall–Kier alpha value is -3.27. The van der Waals surface area contributed by atoms with Crippen LogP contribution in [-0.2, 0) is 39.9 Å². The van der Waals surface area contributed by atoms with E-state index in [2.05, 4.69) is 0 Å². The van der Waals surface area contributed by atoms with Crippen LogP contribution in [0.2, 0.25) is 0 Å². The number of ether oxygens (including phenoxy) is 2. The van der Waals surface area contributed by atoms with E-state index in [9.17, 15) is 24.0 Å². The first kappa shape index (κ1) is 26.0. The first-order valence-corrected chi connectivity index (χ1v) is 10.8. The standard InChI is InChI=1S/C23H31N3O7/c1-17(27)33-13-4-12-32-14-11-24(2)21(29)16-22(30)25(3)19-7-5-18(6-8-19)15-23(31)26-10-9-20(26)28/h5-8H,4,9-16H2,1-3H3. The third kappa shape index (κ3) is 8.30. The highest BCUT2D eigenvalue weighted by Crippen LogP contribution is 2.17. The van der Waals surface area contributed by atoms with Crippen molar-refractivity contribution in [3.8, 4) is 0 Å². The van der Waals surface area contributed by atoms with E-state index in [4.69, 9.17) is 9.47 Å². The van der Waals surface area contributed by atoms with Crippen molar-refractivity contribution in [2.24, 2.45) is 0 Å². The Bertz CT molecular complexity index is 869. The van der Waals surface area contributed by atoms with E-state index in [0.717, 1.165) is 5.56 Å². The number of amides is 4. The minimum absolute atomic E-state index is 0.124. The van der Waals surface area contributed by atoms with Gasteiger partial charge in [0.25, 0.3) is 0 Å². The topological polar surface area (TPSA) is 114 Å². The van der Waals surface area contributed by atoms with E-state index in [1.54, 1.807) is 38.4 Å². The number of rotatable bonds is 12. The maximum absolute atomic E-state index is 12.5. The van der Waals surface area contributed by atoms with Gasteiger partial charge in [0.2, 0.25) is 23.6 Å². The molecule has 1 fully saturated rings. The van der Waals surface area contributed by atoms with Crippen molar-refractivity contribution in [2.45, 2.75) is 32.6 Å². The van der Waals surface area contributed by atoms with Gasteiger partial charge in [0.15, 0.2) is 0 Å². The third-order valence-electron chi connectivity index (χ3n) is 5.24. The summed E-state index contributed by atoms with van der Waals surface area (Å²) < 4.78 is 10.2. The van der Waals surface area contributed by atoms with Crippen molar-refractivity contribution in [1.29, 1.82) is 0 Å². The average Bonchev–Trinajstić information content (AvgIpc) is 2.76. The van der Waals surface area contributed by atoms with Crippen LogP contribution >= 0.6 is 0 Å². The van der Waals surface area contributed by atoms with Gasteiger partial charge in [-0.3, -0.25) is 28.9 Å². The Morgan fingerprint density at radius 2 is 1.70 bits per heavy atom. The highest BCUT2D eigenvalue weighted by atomic mass is 16.5. The van der Waals surface area contributed by atoms with E-state index in [1.807, 2.05) is 0 Å². The zero-order chi connectivity index (χ0) is 24.4. The number of benzene rings is 1. The lowest BCUT2D eigenvalue weighted by Crippen LogP contribution is -2.48. The quantitative estimate of drug-likeness (QED) is 0.195. The molecular weight excluding hydrogens is 430 g/mol. The summed E-state index contributed by atoms with van der Waals surface area (Å²) in [7, 11) is 3.19. The summed E-state index contributed by atoms with van der Waals surface area (Å²) in [5, 5.41) is 0. The molecule has 1 aliphatic heterocycles. The number of imide groups is 1. The molecule has 0 bridgehead atoms. The molecule has 1 heterocycles. The average molecular weight is 462 g/mol. The molecule has 10 heteroatoms. The summed E-state index contributed by atoms with van der Waals surface area (Å²) in [4.78, 5) is 63.0. The minimum Gasteiger partial charge on any atom is -0.466 e. The van der Waals surface area contributed by atoms with Gasteiger partial charge in [-0.15, -0.1) is 0 Å². The molecule has 1 aromatic carbocycles. The van der Waals surface area contributed by atoms with Crippen LogP contribution in [0.5, 0.6) is 0 Å². The van der Waals surface area contributed by atoms with Crippen LogP contribution in [-0.4, -0.2) is 86.4 Å². The van der Waals surface area contributed by atoms with E-state index in [-0.39, 0.29) is 42.4 Å². The van der Waals surface area contributed by atoms with Crippen molar-refractivity contribution < 1.29 is 33.4 Å². The maximum atomic E-state index is 12.5. The number of likely N-dealkylation sites (tertiary alicyclic amines) is 1. The number of likely N-dealkylation sites (N-methyl/N-ethyl adjacent to an activating group) is 1. The van der Waals surface area contributed by atoms with Crippen molar-refractivity contribution in [1.82, 2.24) is 9.80 Å². The number of esters is 1. The van der Waals surface area contributed by atoms with E-state index in [0.29, 0.717) is 51.4 Å². The van der Waals surface area contributed by atoms with Gasteiger partial charge in [0.1, 0.15) is 6.42 Å². The van der Waals surface area contributed by atoms with Crippen LogP contribution in [0.1, 0.15) is 31.7 Å².